The summed E-state index contributed by atoms with van der Waals surface area (Å²) < 4.78 is 5.16. The van der Waals surface area contributed by atoms with E-state index in [0.717, 1.165) is 42.0 Å². The van der Waals surface area contributed by atoms with E-state index in [1.54, 1.807) is 0 Å². The lowest BCUT2D eigenvalue weighted by Gasteiger charge is -2.43. The van der Waals surface area contributed by atoms with E-state index in [2.05, 4.69) is 48.5 Å². The summed E-state index contributed by atoms with van der Waals surface area (Å²) >= 11 is 0. The third-order valence-corrected chi connectivity index (χ3v) is 6.35. The molecule has 1 aromatic rings. The summed E-state index contributed by atoms with van der Waals surface area (Å²) in [6, 6.07) is 8.60. The molecule has 0 radical (unpaired) electrons. The first-order valence-corrected chi connectivity index (χ1v) is 9.44. The highest BCUT2D eigenvalue weighted by Gasteiger charge is 2.59. The predicted octanol–water partition coefficient (Wildman–Crippen LogP) is 3.94. The molecule has 4 rings (SSSR count). The van der Waals surface area contributed by atoms with Crippen molar-refractivity contribution in [3.05, 3.63) is 77.6 Å². The standard InChI is InChI=1S/C23H26N2O2/c1-5-12-25-13-11-23-18-9-7-8-10-19(18)24-20(23)17(22(26)27-4)14-16(21(23)25)15(3)6-2/h5-10,21,24H,1-2,11-14H2,3-4H3/b16-15-/t21-,23-/m0/s1. The first-order valence-electron chi connectivity index (χ1n) is 9.44. The van der Waals surface area contributed by atoms with Crippen LogP contribution in [0.3, 0.4) is 0 Å². The molecule has 2 heterocycles. The number of ether oxygens (including phenoxy) is 1. The zero-order valence-electron chi connectivity index (χ0n) is 16.0. The van der Waals surface area contributed by atoms with Gasteiger partial charge in [0, 0.05) is 36.9 Å². The SMILES string of the molecule is C=CCN1CC[C@]23C(=C(C(=O)OC)C/C(=C(\C)C=C)[C@H]12)Nc1ccccc13. The van der Waals surface area contributed by atoms with Gasteiger partial charge < -0.3 is 10.1 Å². The normalized spacial score (nSPS) is 28.0. The van der Waals surface area contributed by atoms with Crippen LogP contribution >= 0.6 is 0 Å². The van der Waals surface area contributed by atoms with E-state index in [1.807, 2.05) is 18.2 Å². The fourth-order valence-electron chi connectivity index (χ4n) is 5.19. The maximum atomic E-state index is 12.7. The number of rotatable bonds is 4. The van der Waals surface area contributed by atoms with E-state index < -0.39 is 0 Å². The maximum absolute atomic E-state index is 12.7. The Hall–Kier alpha value is -2.59. The van der Waals surface area contributed by atoms with Crippen molar-refractivity contribution in [3.8, 4) is 0 Å². The summed E-state index contributed by atoms with van der Waals surface area (Å²) in [5, 5.41) is 3.58. The third kappa shape index (κ3) is 2.36. The monoisotopic (exact) mass is 362 g/mol. The van der Waals surface area contributed by atoms with Gasteiger partial charge >= 0.3 is 5.97 Å². The Balaban J connectivity index is 2.03. The van der Waals surface area contributed by atoms with E-state index in [1.165, 1.54) is 18.2 Å². The number of esters is 1. The maximum Gasteiger partial charge on any atom is 0.335 e. The van der Waals surface area contributed by atoms with Crippen LogP contribution in [0.2, 0.25) is 0 Å². The molecule has 0 bridgehead atoms. The fraction of sp³-hybridized carbons (Fsp3) is 0.348. The Labute approximate surface area is 160 Å². The molecule has 1 fully saturated rings. The summed E-state index contributed by atoms with van der Waals surface area (Å²) in [5.41, 5.74) is 6.27. The summed E-state index contributed by atoms with van der Waals surface area (Å²) in [6.45, 7) is 11.8. The molecule has 1 aliphatic carbocycles. The predicted molar refractivity (Wildman–Crippen MR) is 108 cm³/mol. The van der Waals surface area contributed by atoms with Crippen LogP contribution in [0.1, 0.15) is 25.3 Å². The Kier molecular flexibility index (Phi) is 4.31. The van der Waals surface area contributed by atoms with Crippen LogP contribution in [0.25, 0.3) is 0 Å². The minimum absolute atomic E-state index is 0.188. The lowest BCUT2D eigenvalue weighted by atomic mass is 9.64. The number of methoxy groups -OCH3 is 1. The smallest absolute Gasteiger partial charge is 0.335 e. The van der Waals surface area contributed by atoms with Crippen molar-refractivity contribution >= 4 is 11.7 Å². The first kappa shape index (κ1) is 17.8. The average Bonchev–Trinajstić information content (AvgIpc) is 3.24. The molecule has 0 aromatic heterocycles. The number of allylic oxidation sites excluding steroid dienone is 2. The Morgan fingerprint density at radius 1 is 1.41 bits per heavy atom. The summed E-state index contributed by atoms with van der Waals surface area (Å²) in [5.74, 6) is -0.250. The molecular weight excluding hydrogens is 336 g/mol. The second-order valence-corrected chi connectivity index (χ2v) is 7.51. The molecule has 0 unspecified atom stereocenters. The summed E-state index contributed by atoms with van der Waals surface area (Å²) in [4.78, 5) is 15.2. The Morgan fingerprint density at radius 2 is 2.19 bits per heavy atom. The molecule has 1 aromatic carbocycles. The van der Waals surface area contributed by atoms with Gasteiger partial charge in [-0.25, -0.2) is 4.79 Å². The zero-order chi connectivity index (χ0) is 19.2. The van der Waals surface area contributed by atoms with Gasteiger partial charge in [0.25, 0.3) is 0 Å². The summed E-state index contributed by atoms with van der Waals surface area (Å²) in [6.07, 6.45) is 5.41. The molecule has 27 heavy (non-hydrogen) atoms. The van der Waals surface area contributed by atoms with E-state index >= 15 is 0 Å². The largest absolute Gasteiger partial charge is 0.466 e. The summed E-state index contributed by atoms with van der Waals surface area (Å²) in [7, 11) is 1.46. The van der Waals surface area contributed by atoms with Gasteiger partial charge in [-0.2, -0.15) is 0 Å². The molecule has 2 atom stereocenters. The second-order valence-electron chi connectivity index (χ2n) is 7.51. The molecule has 3 aliphatic rings. The Bertz CT molecular complexity index is 895. The van der Waals surface area contributed by atoms with Gasteiger partial charge in [-0.05, 0) is 30.5 Å². The lowest BCUT2D eigenvalue weighted by molar-refractivity contribution is -0.136. The van der Waals surface area contributed by atoms with Crippen molar-refractivity contribution < 1.29 is 9.53 Å². The van der Waals surface area contributed by atoms with Crippen LogP contribution in [-0.4, -0.2) is 37.1 Å². The minimum Gasteiger partial charge on any atom is -0.466 e. The van der Waals surface area contributed by atoms with Crippen LogP contribution in [0.15, 0.2) is 72.0 Å². The molecule has 2 aliphatic heterocycles. The van der Waals surface area contributed by atoms with Crippen LogP contribution in [-0.2, 0) is 14.9 Å². The highest BCUT2D eigenvalue weighted by atomic mass is 16.5. The highest BCUT2D eigenvalue weighted by molar-refractivity contribution is 5.94. The molecule has 1 spiro atoms. The first-order chi connectivity index (χ1) is 13.1. The number of hydrogen-bond donors (Lipinski definition) is 1. The van der Waals surface area contributed by atoms with E-state index in [-0.39, 0.29) is 17.4 Å². The van der Waals surface area contributed by atoms with E-state index in [4.69, 9.17) is 4.74 Å². The third-order valence-electron chi connectivity index (χ3n) is 6.35. The molecule has 1 N–H and O–H groups in total. The number of likely N-dealkylation sites (tertiary alicyclic amines) is 1. The minimum atomic E-state index is -0.250. The Morgan fingerprint density at radius 3 is 2.89 bits per heavy atom. The van der Waals surface area contributed by atoms with Gasteiger partial charge in [-0.1, -0.05) is 42.5 Å². The van der Waals surface area contributed by atoms with Crippen LogP contribution < -0.4 is 5.32 Å². The molecule has 0 saturated carbocycles. The molecule has 140 valence electrons. The van der Waals surface area contributed by atoms with Crippen LogP contribution in [0, 0.1) is 0 Å². The molecule has 4 heteroatoms. The van der Waals surface area contributed by atoms with Crippen molar-refractivity contribution in [2.24, 2.45) is 0 Å². The number of nitrogens with one attached hydrogen (secondary N) is 1. The topological polar surface area (TPSA) is 41.6 Å². The van der Waals surface area contributed by atoms with Gasteiger partial charge in [-0.3, -0.25) is 4.90 Å². The molecular formula is C23H26N2O2. The zero-order valence-corrected chi connectivity index (χ0v) is 16.0. The number of anilines is 1. The number of fused-ring (bicyclic) bond motifs is 1. The number of carbonyl (C=O) groups excluding carboxylic acids is 1. The van der Waals surface area contributed by atoms with E-state index in [9.17, 15) is 4.79 Å². The fourth-order valence-corrected chi connectivity index (χ4v) is 5.19. The number of nitrogens with zero attached hydrogens (tertiary/aromatic N) is 1. The number of para-hydroxylation sites is 1. The molecule has 4 nitrogen and oxygen atoms in total. The molecule has 0 amide bonds. The van der Waals surface area contributed by atoms with Crippen LogP contribution in [0.5, 0.6) is 0 Å². The van der Waals surface area contributed by atoms with Crippen molar-refractivity contribution in [1.29, 1.82) is 0 Å². The lowest BCUT2D eigenvalue weighted by Crippen LogP contribution is -2.48. The van der Waals surface area contributed by atoms with Crippen molar-refractivity contribution in [2.45, 2.75) is 31.2 Å². The van der Waals surface area contributed by atoms with Crippen LogP contribution in [0.4, 0.5) is 5.69 Å². The molecule has 1 saturated heterocycles. The van der Waals surface area contributed by atoms with Gasteiger partial charge in [0.05, 0.1) is 18.1 Å². The van der Waals surface area contributed by atoms with Gasteiger partial charge in [0.1, 0.15) is 0 Å². The van der Waals surface area contributed by atoms with Gasteiger partial charge in [-0.15, -0.1) is 6.58 Å². The highest BCUT2D eigenvalue weighted by Crippen LogP contribution is 2.59. The van der Waals surface area contributed by atoms with Crippen molar-refractivity contribution in [3.63, 3.8) is 0 Å². The number of hydrogen-bond acceptors (Lipinski definition) is 4. The second kappa shape index (κ2) is 6.54. The average molecular weight is 362 g/mol. The number of carbonyl (C=O) groups is 1. The van der Waals surface area contributed by atoms with Crippen molar-refractivity contribution in [1.82, 2.24) is 4.90 Å². The van der Waals surface area contributed by atoms with E-state index in [0.29, 0.717) is 6.42 Å². The van der Waals surface area contributed by atoms with Crippen molar-refractivity contribution in [2.75, 3.05) is 25.5 Å². The quantitative estimate of drug-likeness (QED) is 0.651. The van der Waals surface area contributed by atoms with Gasteiger partial charge in [0.2, 0.25) is 0 Å². The van der Waals surface area contributed by atoms with Gasteiger partial charge in [0.15, 0.2) is 0 Å². The number of benzene rings is 1.